The normalized spacial score (nSPS) is 27.6. The van der Waals surface area contributed by atoms with Crippen molar-refractivity contribution in [1.82, 2.24) is 9.80 Å². The third-order valence-electron chi connectivity index (χ3n) is 4.88. The summed E-state index contributed by atoms with van der Waals surface area (Å²) < 4.78 is 0. The van der Waals surface area contributed by atoms with E-state index in [1.54, 1.807) is 0 Å². The smallest absolute Gasteiger partial charge is 0.253 e. The van der Waals surface area contributed by atoms with Crippen molar-refractivity contribution in [1.29, 1.82) is 0 Å². The molecule has 1 aromatic rings. The zero-order valence-corrected chi connectivity index (χ0v) is 12.6. The van der Waals surface area contributed by atoms with Crippen LogP contribution in [0.25, 0.3) is 0 Å². The lowest BCUT2D eigenvalue weighted by atomic mass is 9.90. The second-order valence-electron chi connectivity index (χ2n) is 6.26. The lowest BCUT2D eigenvalue weighted by Gasteiger charge is -2.41. The predicted octanol–water partition coefficient (Wildman–Crippen LogP) is 1.71. The summed E-state index contributed by atoms with van der Waals surface area (Å²) in [5.41, 5.74) is 6.78. The van der Waals surface area contributed by atoms with Crippen LogP contribution in [0.2, 0.25) is 0 Å². The Morgan fingerprint density at radius 2 is 1.57 bits per heavy atom. The molecule has 3 rings (SSSR count). The summed E-state index contributed by atoms with van der Waals surface area (Å²) in [5.74, 6) is 0.168. The molecule has 114 valence electrons. The molecule has 21 heavy (non-hydrogen) atoms. The second-order valence-corrected chi connectivity index (χ2v) is 6.26. The van der Waals surface area contributed by atoms with Gasteiger partial charge in [0, 0.05) is 43.8 Å². The van der Waals surface area contributed by atoms with Crippen molar-refractivity contribution < 1.29 is 4.79 Å². The van der Waals surface area contributed by atoms with Gasteiger partial charge < -0.3 is 10.6 Å². The molecule has 1 heterocycles. The van der Waals surface area contributed by atoms with E-state index in [0.717, 1.165) is 44.6 Å². The molecule has 1 amide bonds. The van der Waals surface area contributed by atoms with Crippen molar-refractivity contribution in [3.8, 4) is 0 Å². The molecule has 0 atom stereocenters. The van der Waals surface area contributed by atoms with Gasteiger partial charge in [-0.3, -0.25) is 9.69 Å². The largest absolute Gasteiger partial charge is 0.336 e. The summed E-state index contributed by atoms with van der Waals surface area (Å²) in [6.07, 6.45) is 4.73. The van der Waals surface area contributed by atoms with Gasteiger partial charge in [-0.1, -0.05) is 18.2 Å². The topological polar surface area (TPSA) is 49.6 Å². The molecular weight excluding hydrogens is 262 g/mol. The van der Waals surface area contributed by atoms with E-state index in [0.29, 0.717) is 12.1 Å². The third kappa shape index (κ3) is 3.44. The molecule has 1 aromatic carbocycles. The van der Waals surface area contributed by atoms with Gasteiger partial charge in [-0.05, 0) is 37.8 Å². The molecule has 0 bridgehead atoms. The Labute approximate surface area is 126 Å². The maximum Gasteiger partial charge on any atom is 0.253 e. The molecule has 1 aliphatic heterocycles. The summed E-state index contributed by atoms with van der Waals surface area (Å²) in [5, 5.41) is 0. The molecule has 2 aliphatic rings. The zero-order valence-electron chi connectivity index (χ0n) is 12.6. The third-order valence-corrected chi connectivity index (χ3v) is 4.88. The van der Waals surface area contributed by atoms with Gasteiger partial charge in [-0.25, -0.2) is 0 Å². The maximum absolute atomic E-state index is 12.4. The molecule has 0 unspecified atom stereocenters. The van der Waals surface area contributed by atoms with Gasteiger partial charge in [0.2, 0.25) is 0 Å². The van der Waals surface area contributed by atoms with Gasteiger partial charge in [0.1, 0.15) is 0 Å². The van der Waals surface area contributed by atoms with Crippen molar-refractivity contribution in [2.45, 2.75) is 37.8 Å². The van der Waals surface area contributed by atoms with Crippen molar-refractivity contribution in [3.05, 3.63) is 35.9 Å². The highest BCUT2D eigenvalue weighted by molar-refractivity contribution is 5.94. The minimum atomic E-state index is 0.168. The van der Waals surface area contributed by atoms with Crippen LogP contribution in [-0.4, -0.2) is 54.0 Å². The van der Waals surface area contributed by atoms with Crippen molar-refractivity contribution in [2.24, 2.45) is 5.73 Å². The van der Waals surface area contributed by atoms with E-state index in [1.807, 2.05) is 35.2 Å². The Balaban J connectivity index is 1.52. The first-order valence-corrected chi connectivity index (χ1v) is 8.08. The number of nitrogens with zero attached hydrogens (tertiary/aromatic N) is 2. The molecule has 1 saturated carbocycles. The number of hydrogen-bond donors (Lipinski definition) is 1. The average Bonchev–Trinajstić information content (AvgIpc) is 2.56. The molecule has 1 saturated heterocycles. The fourth-order valence-corrected chi connectivity index (χ4v) is 3.52. The first kappa shape index (κ1) is 14.5. The number of benzene rings is 1. The number of amides is 1. The Kier molecular flexibility index (Phi) is 4.56. The highest BCUT2D eigenvalue weighted by atomic mass is 16.2. The van der Waals surface area contributed by atoms with Crippen molar-refractivity contribution in [2.75, 3.05) is 26.2 Å². The van der Waals surface area contributed by atoms with Gasteiger partial charge >= 0.3 is 0 Å². The standard InChI is InChI=1S/C17H25N3O/c18-15-6-8-16(9-7-15)19-10-12-20(13-11-19)17(21)14-4-2-1-3-5-14/h1-5,15-16H,6-13,18H2. The summed E-state index contributed by atoms with van der Waals surface area (Å²) in [7, 11) is 0. The molecule has 0 radical (unpaired) electrons. The van der Waals surface area contributed by atoms with Crippen LogP contribution in [0, 0.1) is 0 Å². The number of carbonyl (C=O) groups is 1. The van der Waals surface area contributed by atoms with Crippen LogP contribution in [0.15, 0.2) is 30.3 Å². The molecule has 0 spiro atoms. The van der Waals surface area contributed by atoms with Crippen molar-refractivity contribution in [3.63, 3.8) is 0 Å². The van der Waals surface area contributed by atoms with Crippen molar-refractivity contribution >= 4 is 5.91 Å². The fraction of sp³-hybridized carbons (Fsp3) is 0.588. The Hall–Kier alpha value is -1.39. The van der Waals surface area contributed by atoms with Crippen LogP contribution in [0.1, 0.15) is 36.0 Å². The van der Waals surface area contributed by atoms with E-state index >= 15 is 0 Å². The number of rotatable bonds is 2. The minimum absolute atomic E-state index is 0.168. The number of nitrogens with two attached hydrogens (primary N) is 1. The van der Waals surface area contributed by atoms with E-state index in [1.165, 1.54) is 12.8 Å². The van der Waals surface area contributed by atoms with Crippen LogP contribution in [-0.2, 0) is 0 Å². The Bertz CT molecular complexity index is 460. The number of hydrogen-bond acceptors (Lipinski definition) is 3. The molecule has 4 nitrogen and oxygen atoms in total. The van der Waals surface area contributed by atoms with Gasteiger partial charge in [0.25, 0.3) is 5.91 Å². The van der Waals surface area contributed by atoms with Crippen LogP contribution < -0.4 is 5.73 Å². The zero-order chi connectivity index (χ0) is 14.7. The molecule has 0 aromatic heterocycles. The maximum atomic E-state index is 12.4. The molecule has 2 fully saturated rings. The first-order valence-electron chi connectivity index (χ1n) is 8.08. The van der Waals surface area contributed by atoms with Crippen LogP contribution in [0.3, 0.4) is 0 Å². The van der Waals surface area contributed by atoms with Gasteiger partial charge in [0.15, 0.2) is 0 Å². The monoisotopic (exact) mass is 287 g/mol. The Morgan fingerprint density at radius 3 is 2.19 bits per heavy atom. The summed E-state index contributed by atoms with van der Waals surface area (Å²) in [6, 6.07) is 10.7. The van der Waals surface area contributed by atoms with Crippen LogP contribution in [0.5, 0.6) is 0 Å². The highest BCUT2D eigenvalue weighted by Crippen LogP contribution is 2.23. The SMILES string of the molecule is NC1CCC(N2CCN(C(=O)c3ccccc3)CC2)CC1. The van der Waals surface area contributed by atoms with Gasteiger partial charge in [0.05, 0.1) is 0 Å². The first-order chi connectivity index (χ1) is 10.2. The molecular formula is C17H25N3O. The Morgan fingerprint density at radius 1 is 0.952 bits per heavy atom. The summed E-state index contributed by atoms with van der Waals surface area (Å²) in [6.45, 7) is 3.68. The average molecular weight is 287 g/mol. The van der Waals surface area contributed by atoms with E-state index in [2.05, 4.69) is 4.90 Å². The fourth-order valence-electron chi connectivity index (χ4n) is 3.52. The van der Waals surface area contributed by atoms with Gasteiger partial charge in [-0.2, -0.15) is 0 Å². The quantitative estimate of drug-likeness (QED) is 0.901. The summed E-state index contributed by atoms with van der Waals surface area (Å²) in [4.78, 5) is 17.0. The van der Waals surface area contributed by atoms with Crippen LogP contribution >= 0.6 is 0 Å². The second kappa shape index (κ2) is 6.58. The molecule has 1 aliphatic carbocycles. The van der Waals surface area contributed by atoms with E-state index in [4.69, 9.17) is 5.73 Å². The lowest BCUT2D eigenvalue weighted by molar-refractivity contribution is 0.0516. The van der Waals surface area contributed by atoms with Gasteiger partial charge in [-0.15, -0.1) is 0 Å². The number of piperazine rings is 1. The molecule has 2 N–H and O–H groups in total. The summed E-state index contributed by atoms with van der Waals surface area (Å²) >= 11 is 0. The molecule has 4 heteroatoms. The predicted molar refractivity (Wildman–Crippen MR) is 84.1 cm³/mol. The lowest BCUT2D eigenvalue weighted by Crippen LogP contribution is -2.53. The van der Waals surface area contributed by atoms with Crippen LogP contribution in [0.4, 0.5) is 0 Å². The minimum Gasteiger partial charge on any atom is -0.336 e. The van der Waals surface area contributed by atoms with E-state index in [9.17, 15) is 4.79 Å². The van der Waals surface area contributed by atoms with E-state index in [-0.39, 0.29) is 5.91 Å². The highest BCUT2D eigenvalue weighted by Gasteiger charge is 2.28. The van der Waals surface area contributed by atoms with E-state index < -0.39 is 0 Å². The number of carbonyl (C=O) groups excluding carboxylic acids is 1.